The molecule has 4 rings (SSSR count). The second-order valence-corrected chi connectivity index (χ2v) is 9.88. The normalized spacial score (nSPS) is 19.4. The third-order valence-electron chi connectivity index (χ3n) is 5.99. The smallest absolute Gasteiger partial charge is 0.243 e. The lowest BCUT2D eigenvalue weighted by molar-refractivity contribution is -0.129. The number of rotatable bonds is 4. The number of carbonyl (C=O) groups is 1. The molecule has 1 fully saturated rings. The standard InChI is InChI=1S/C21H26FN5O3S/c1-13-11-15(22)6-7-19(13)31(29,30)26-10-8-17-16(12-26)20(23-3)25-21(24-17)18-5-4-9-27(18)14(2)28/h6-7,11,18H,4-5,8-10,12H2,1-3H3,(H,23,24,25)/t18-/m1/s1. The number of nitrogens with zero attached hydrogens (tertiary/aromatic N) is 4. The molecule has 0 aliphatic carbocycles. The molecule has 3 heterocycles. The van der Waals surface area contributed by atoms with Gasteiger partial charge >= 0.3 is 0 Å². The van der Waals surface area contributed by atoms with E-state index in [0.29, 0.717) is 30.2 Å². The second-order valence-electron chi connectivity index (χ2n) is 7.97. The Morgan fingerprint density at radius 3 is 2.71 bits per heavy atom. The summed E-state index contributed by atoms with van der Waals surface area (Å²) in [6, 6.07) is 3.54. The van der Waals surface area contributed by atoms with Crippen molar-refractivity contribution in [3.05, 3.63) is 46.7 Å². The Morgan fingerprint density at radius 2 is 2.03 bits per heavy atom. The number of fused-ring (bicyclic) bond motifs is 1. The first-order chi connectivity index (χ1) is 14.7. The predicted molar refractivity (Wildman–Crippen MR) is 113 cm³/mol. The van der Waals surface area contributed by atoms with Gasteiger partial charge in [-0.05, 0) is 43.5 Å². The van der Waals surface area contributed by atoms with Gasteiger partial charge in [-0.15, -0.1) is 0 Å². The zero-order valence-corrected chi connectivity index (χ0v) is 18.7. The van der Waals surface area contributed by atoms with Gasteiger partial charge in [0.2, 0.25) is 15.9 Å². The van der Waals surface area contributed by atoms with Crippen LogP contribution in [-0.2, 0) is 27.8 Å². The molecular weight excluding hydrogens is 421 g/mol. The van der Waals surface area contributed by atoms with Crippen molar-refractivity contribution >= 4 is 21.7 Å². The number of aromatic nitrogens is 2. The summed E-state index contributed by atoms with van der Waals surface area (Å²) in [5, 5.41) is 3.07. The van der Waals surface area contributed by atoms with Crippen LogP contribution in [0.2, 0.25) is 0 Å². The topological polar surface area (TPSA) is 95.5 Å². The molecule has 1 amide bonds. The zero-order valence-electron chi connectivity index (χ0n) is 17.9. The summed E-state index contributed by atoms with van der Waals surface area (Å²) >= 11 is 0. The molecule has 0 saturated carbocycles. The van der Waals surface area contributed by atoms with E-state index in [1.807, 2.05) is 0 Å². The fourth-order valence-corrected chi connectivity index (χ4v) is 6.04. The number of aryl methyl sites for hydroxylation is 1. The van der Waals surface area contributed by atoms with E-state index in [0.717, 1.165) is 30.2 Å². The summed E-state index contributed by atoms with van der Waals surface area (Å²) in [6.07, 6.45) is 2.15. The Morgan fingerprint density at radius 1 is 1.26 bits per heavy atom. The molecule has 0 radical (unpaired) electrons. The van der Waals surface area contributed by atoms with E-state index >= 15 is 0 Å². The number of hydrogen-bond acceptors (Lipinski definition) is 6. The fraction of sp³-hybridized carbons (Fsp3) is 0.476. The van der Waals surface area contributed by atoms with Crippen molar-refractivity contribution in [1.82, 2.24) is 19.2 Å². The second kappa shape index (κ2) is 8.16. The maximum atomic E-state index is 13.5. The van der Waals surface area contributed by atoms with Gasteiger partial charge in [0.05, 0.1) is 16.6 Å². The summed E-state index contributed by atoms with van der Waals surface area (Å²) in [6.45, 7) is 4.23. The molecule has 0 unspecified atom stereocenters. The Bertz CT molecular complexity index is 1120. The molecule has 2 aliphatic heterocycles. The monoisotopic (exact) mass is 447 g/mol. The quantitative estimate of drug-likeness (QED) is 0.773. The molecule has 31 heavy (non-hydrogen) atoms. The van der Waals surface area contributed by atoms with Crippen LogP contribution >= 0.6 is 0 Å². The van der Waals surface area contributed by atoms with Crippen LogP contribution < -0.4 is 5.32 Å². The molecule has 1 aromatic heterocycles. The van der Waals surface area contributed by atoms with Crippen LogP contribution in [0.5, 0.6) is 0 Å². The van der Waals surface area contributed by atoms with Crippen LogP contribution in [0.25, 0.3) is 0 Å². The number of hydrogen-bond donors (Lipinski definition) is 1. The maximum absolute atomic E-state index is 13.5. The molecule has 1 aromatic carbocycles. The lowest BCUT2D eigenvalue weighted by Crippen LogP contribution is -2.38. The van der Waals surface area contributed by atoms with Gasteiger partial charge in [0.15, 0.2) is 5.82 Å². The van der Waals surface area contributed by atoms with Gasteiger partial charge in [-0.1, -0.05) is 0 Å². The van der Waals surface area contributed by atoms with Gasteiger partial charge in [-0.3, -0.25) is 4.79 Å². The minimum absolute atomic E-state index is 0.00163. The van der Waals surface area contributed by atoms with Gasteiger partial charge in [0.1, 0.15) is 11.6 Å². The van der Waals surface area contributed by atoms with Crippen molar-refractivity contribution in [3.8, 4) is 0 Å². The van der Waals surface area contributed by atoms with Crippen molar-refractivity contribution in [2.45, 2.75) is 50.6 Å². The molecule has 1 atom stereocenters. The van der Waals surface area contributed by atoms with Gasteiger partial charge < -0.3 is 10.2 Å². The van der Waals surface area contributed by atoms with E-state index < -0.39 is 15.8 Å². The Balaban J connectivity index is 1.67. The molecular formula is C21H26FN5O3S. The molecule has 10 heteroatoms. The summed E-state index contributed by atoms with van der Waals surface area (Å²) in [7, 11) is -2.06. The Kier molecular flexibility index (Phi) is 5.69. The van der Waals surface area contributed by atoms with Crippen molar-refractivity contribution in [2.24, 2.45) is 0 Å². The van der Waals surface area contributed by atoms with Crippen molar-refractivity contribution < 1.29 is 17.6 Å². The first kappa shape index (κ1) is 21.6. The number of carbonyl (C=O) groups excluding carboxylic acids is 1. The lowest BCUT2D eigenvalue weighted by atomic mass is 10.1. The van der Waals surface area contributed by atoms with Crippen LogP contribution in [0.15, 0.2) is 23.1 Å². The molecule has 166 valence electrons. The number of nitrogens with one attached hydrogen (secondary N) is 1. The fourth-order valence-electron chi connectivity index (χ4n) is 4.42. The zero-order chi connectivity index (χ0) is 22.3. The number of benzene rings is 1. The molecule has 1 N–H and O–H groups in total. The van der Waals surface area contributed by atoms with Crippen molar-refractivity contribution in [2.75, 3.05) is 25.5 Å². The summed E-state index contributed by atoms with van der Waals surface area (Å²) in [5.74, 6) is 0.708. The predicted octanol–water partition coefficient (Wildman–Crippen LogP) is 2.40. The van der Waals surface area contributed by atoms with Crippen molar-refractivity contribution in [3.63, 3.8) is 0 Å². The Labute approximate surface area is 181 Å². The molecule has 0 bridgehead atoms. The van der Waals surface area contributed by atoms with E-state index in [4.69, 9.17) is 4.98 Å². The summed E-state index contributed by atoms with van der Waals surface area (Å²) < 4.78 is 41.3. The van der Waals surface area contributed by atoms with Crippen LogP contribution in [0, 0.1) is 12.7 Å². The first-order valence-corrected chi connectivity index (χ1v) is 11.8. The highest BCUT2D eigenvalue weighted by molar-refractivity contribution is 7.89. The summed E-state index contributed by atoms with van der Waals surface area (Å²) in [4.78, 5) is 23.2. The third kappa shape index (κ3) is 3.89. The van der Waals surface area contributed by atoms with Gasteiger partial charge in [-0.2, -0.15) is 4.31 Å². The van der Waals surface area contributed by atoms with E-state index in [9.17, 15) is 17.6 Å². The minimum Gasteiger partial charge on any atom is -0.373 e. The summed E-state index contributed by atoms with van der Waals surface area (Å²) in [5.41, 5.74) is 1.90. The molecule has 8 nitrogen and oxygen atoms in total. The largest absolute Gasteiger partial charge is 0.373 e. The maximum Gasteiger partial charge on any atom is 0.243 e. The van der Waals surface area contributed by atoms with Crippen LogP contribution in [0.4, 0.5) is 10.2 Å². The van der Waals surface area contributed by atoms with Crippen LogP contribution in [0.3, 0.4) is 0 Å². The highest BCUT2D eigenvalue weighted by Crippen LogP contribution is 2.34. The molecule has 1 saturated heterocycles. The number of anilines is 1. The molecule has 2 aliphatic rings. The van der Waals surface area contributed by atoms with Crippen LogP contribution in [-0.4, -0.2) is 53.6 Å². The average molecular weight is 448 g/mol. The lowest BCUT2D eigenvalue weighted by Gasteiger charge is -2.30. The van der Waals surface area contributed by atoms with Gasteiger partial charge in [0, 0.05) is 45.6 Å². The molecule has 2 aromatic rings. The van der Waals surface area contributed by atoms with Gasteiger partial charge in [-0.25, -0.2) is 22.8 Å². The molecule has 0 spiro atoms. The SMILES string of the molecule is CNc1nc([C@H]2CCCN2C(C)=O)nc2c1CN(S(=O)(=O)c1ccc(F)cc1C)CC2. The minimum atomic E-state index is -3.79. The number of halogens is 1. The van der Waals surface area contributed by atoms with Gasteiger partial charge in [0.25, 0.3) is 0 Å². The van der Waals surface area contributed by atoms with Crippen LogP contribution in [0.1, 0.15) is 48.5 Å². The highest BCUT2D eigenvalue weighted by atomic mass is 32.2. The average Bonchev–Trinajstić information content (AvgIpc) is 3.22. The highest BCUT2D eigenvalue weighted by Gasteiger charge is 2.35. The first-order valence-electron chi connectivity index (χ1n) is 10.3. The number of likely N-dealkylation sites (tertiary alicyclic amines) is 1. The number of amides is 1. The van der Waals surface area contributed by atoms with E-state index in [1.54, 1.807) is 25.8 Å². The Hall–Kier alpha value is -2.59. The van der Waals surface area contributed by atoms with E-state index in [-0.39, 0.29) is 29.9 Å². The van der Waals surface area contributed by atoms with E-state index in [2.05, 4.69) is 10.3 Å². The van der Waals surface area contributed by atoms with Crippen molar-refractivity contribution in [1.29, 1.82) is 0 Å². The van der Waals surface area contributed by atoms with E-state index in [1.165, 1.54) is 16.4 Å². The third-order valence-corrected chi connectivity index (χ3v) is 7.99. The number of sulfonamides is 1.